The van der Waals surface area contributed by atoms with Gasteiger partial charge in [0.1, 0.15) is 12.0 Å². The van der Waals surface area contributed by atoms with E-state index < -0.39 is 11.9 Å². The van der Waals surface area contributed by atoms with Gasteiger partial charge in [-0.1, -0.05) is 6.07 Å². The van der Waals surface area contributed by atoms with Crippen LogP contribution in [0.5, 0.6) is 5.75 Å². The lowest BCUT2D eigenvalue weighted by Crippen LogP contribution is -2.11. The first-order chi connectivity index (χ1) is 10.6. The number of benzene rings is 2. The quantitative estimate of drug-likeness (QED) is 0.482. The Bertz CT molecular complexity index is 688. The van der Waals surface area contributed by atoms with E-state index in [2.05, 4.69) is 0 Å². The van der Waals surface area contributed by atoms with E-state index in [0.29, 0.717) is 17.6 Å². The molecule has 0 fully saturated rings. The SMILES string of the molecule is CCOC(=O)c1cccc(C(=O)Oc2ccc(C=O)cc2)c1. The zero-order chi connectivity index (χ0) is 15.9. The molecule has 112 valence electrons. The minimum atomic E-state index is -0.593. The van der Waals surface area contributed by atoms with E-state index in [1.165, 1.54) is 18.2 Å². The zero-order valence-corrected chi connectivity index (χ0v) is 11.9. The van der Waals surface area contributed by atoms with E-state index in [9.17, 15) is 14.4 Å². The van der Waals surface area contributed by atoms with Gasteiger partial charge in [0.2, 0.25) is 0 Å². The molecular formula is C17H14O5. The van der Waals surface area contributed by atoms with Crippen LogP contribution < -0.4 is 4.74 Å². The molecule has 0 spiro atoms. The monoisotopic (exact) mass is 298 g/mol. The Morgan fingerprint density at radius 1 is 1.00 bits per heavy atom. The number of hydrogen-bond donors (Lipinski definition) is 0. The van der Waals surface area contributed by atoms with Crippen molar-refractivity contribution in [3.63, 3.8) is 0 Å². The third kappa shape index (κ3) is 3.79. The van der Waals surface area contributed by atoms with Gasteiger partial charge < -0.3 is 9.47 Å². The van der Waals surface area contributed by atoms with Crippen molar-refractivity contribution in [2.24, 2.45) is 0 Å². The Balaban J connectivity index is 2.13. The summed E-state index contributed by atoms with van der Waals surface area (Å²) in [6.45, 7) is 1.97. The van der Waals surface area contributed by atoms with Crippen molar-refractivity contribution >= 4 is 18.2 Å². The van der Waals surface area contributed by atoms with Gasteiger partial charge in [0.25, 0.3) is 0 Å². The van der Waals surface area contributed by atoms with Gasteiger partial charge >= 0.3 is 11.9 Å². The summed E-state index contributed by atoms with van der Waals surface area (Å²) in [5.74, 6) is -0.769. The van der Waals surface area contributed by atoms with E-state index in [0.717, 1.165) is 0 Å². The molecular weight excluding hydrogens is 284 g/mol. The lowest BCUT2D eigenvalue weighted by atomic mass is 10.1. The minimum absolute atomic E-state index is 0.241. The highest BCUT2D eigenvalue weighted by Crippen LogP contribution is 2.14. The largest absolute Gasteiger partial charge is 0.462 e. The van der Waals surface area contributed by atoms with E-state index in [-0.39, 0.29) is 17.7 Å². The van der Waals surface area contributed by atoms with Crippen LogP contribution in [0, 0.1) is 0 Å². The molecule has 0 atom stereocenters. The first-order valence-electron chi connectivity index (χ1n) is 6.68. The normalized spacial score (nSPS) is 9.86. The molecule has 0 aliphatic carbocycles. The van der Waals surface area contributed by atoms with Crippen molar-refractivity contribution in [2.45, 2.75) is 6.92 Å². The van der Waals surface area contributed by atoms with Gasteiger partial charge in [-0.05, 0) is 49.4 Å². The van der Waals surface area contributed by atoms with Crippen molar-refractivity contribution in [3.05, 3.63) is 65.2 Å². The first kappa shape index (κ1) is 15.4. The van der Waals surface area contributed by atoms with Crippen LogP contribution in [0.25, 0.3) is 0 Å². The van der Waals surface area contributed by atoms with Crippen LogP contribution in [-0.4, -0.2) is 24.8 Å². The number of ether oxygens (including phenoxy) is 2. The van der Waals surface area contributed by atoms with Crippen LogP contribution in [0.3, 0.4) is 0 Å². The fourth-order valence-corrected chi connectivity index (χ4v) is 1.77. The second-order valence-electron chi connectivity index (χ2n) is 4.38. The van der Waals surface area contributed by atoms with Gasteiger partial charge in [-0.25, -0.2) is 9.59 Å². The summed E-state index contributed by atoms with van der Waals surface area (Å²) in [6.07, 6.45) is 0.703. The number of esters is 2. The van der Waals surface area contributed by atoms with E-state index >= 15 is 0 Å². The summed E-state index contributed by atoms with van der Waals surface area (Å²) in [4.78, 5) is 34.3. The highest BCUT2D eigenvalue weighted by molar-refractivity contribution is 5.96. The molecule has 0 N–H and O–H groups in total. The Hall–Kier alpha value is -2.95. The first-order valence-corrected chi connectivity index (χ1v) is 6.68. The highest BCUT2D eigenvalue weighted by atomic mass is 16.5. The maximum absolute atomic E-state index is 12.1. The van der Waals surface area contributed by atoms with Crippen molar-refractivity contribution in [1.82, 2.24) is 0 Å². The van der Waals surface area contributed by atoms with Crippen molar-refractivity contribution in [1.29, 1.82) is 0 Å². The molecule has 2 rings (SSSR count). The summed E-state index contributed by atoms with van der Waals surface area (Å²) in [5, 5.41) is 0. The van der Waals surface area contributed by atoms with E-state index in [1.54, 1.807) is 37.3 Å². The van der Waals surface area contributed by atoms with Crippen LogP contribution in [-0.2, 0) is 4.74 Å². The van der Waals surface area contributed by atoms with Crippen LogP contribution >= 0.6 is 0 Å². The van der Waals surface area contributed by atoms with Gasteiger partial charge in [0.15, 0.2) is 0 Å². The van der Waals surface area contributed by atoms with Gasteiger partial charge in [0, 0.05) is 5.56 Å². The maximum Gasteiger partial charge on any atom is 0.343 e. The third-order valence-electron chi connectivity index (χ3n) is 2.84. The van der Waals surface area contributed by atoms with Gasteiger partial charge in [-0.2, -0.15) is 0 Å². The van der Waals surface area contributed by atoms with E-state index in [4.69, 9.17) is 9.47 Å². The molecule has 0 saturated heterocycles. The van der Waals surface area contributed by atoms with Gasteiger partial charge in [-0.15, -0.1) is 0 Å². The summed E-state index contributed by atoms with van der Waals surface area (Å²) >= 11 is 0. The van der Waals surface area contributed by atoms with Gasteiger partial charge in [0.05, 0.1) is 17.7 Å². The summed E-state index contributed by atoms with van der Waals surface area (Å²) in [5.41, 5.74) is 1.02. The predicted octanol–water partition coefficient (Wildman–Crippen LogP) is 2.90. The lowest BCUT2D eigenvalue weighted by molar-refractivity contribution is 0.0526. The molecule has 0 bridgehead atoms. The smallest absolute Gasteiger partial charge is 0.343 e. The summed E-state index contributed by atoms with van der Waals surface area (Å²) < 4.78 is 10.1. The molecule has 0 amide bonds. The van der Waals surface area contributed by atoms with Crippen molar-refractivity contribution < 1.29 is 23.9 Å². The number of carbonyl (C=O) groups excluding carboxylic acids is 3. The molecule has 0 saturated carbocycles. The van der Waals surface area contributed by atoms with E-state index in [1.807, 2.05) is 0 Å². The summed E-state index contributed by atoms with van der Waals surface area (Å²) in [7, 11) is 0. The van der Waals surface area contributed by atoms with Gasteiger partial charge in [-0.3, -0.25) is 4.79 Å². The fraction of sp³-hybridized carbons (Fsp3) is 0.118. The molecule has 2 aromatic carbocycles. The Labute approximate surface area is 127 Å². The molecule has 2 aromatic rings. The molecule has 0 aliphatic heterocycles. The third-order valence-corrected chi connectivity index (χ3v) is 2.84. The topological polar surface area (TPSA) is 69.7 Å². The minimum Gasteiger partial charge on any atom is -0.462 e. The van der Waals surface area contributed by atoms with Crippen LogP contribution in [0.15, 0.2) is 48.5 Å². The maximum atomic E-state index is 12.1. The number of hydrogen-bond acceptors (Lipinski definition) is 5. The highest BCUT2D eigenvalue weighted by Gasteiger charge is 2.13. The van der Waals surface area contributed by atoms with Crippen LogP contribution in [0.1, 0.15) is 38.0 Å². The average molecular weight is 298 g/mol. The van der Waals surface area contributed by atoms with Crippen molar-refractivity contribution in [2.75, 3.05) is 6.61 Å². The molecule has 0 aliphatic rings. The van der Waals surface area contributed by atoms with Crippen LogP contribution in [0.4, 0.5) is 0 Å². The molecule has 22 heavy (non-hydrogen) atoms. The molecule has 0 unspecified atom stereocenters. The Kier molecular flexibility index (Phi) is 5.03. The number of rotatable bonds is 5. The number of carbonyl (C=O) groups is 3. The Morgan fingerprint density at radius 2 is 1.64 bits per heavy atom. The summed E-state index contributed by atoms with van der Waals surface area (Å²) in [6, 6.07) is 12.2. The fourth-order valence-electron chi connectivity index (χ4n) is 1.77. The zero-order valence-electron chi connectivity index (χ0n) is 11.9. The molecule has 5 nitrogen and oxygen atoms in total. The average Bonchev–Trinajstić information content (AvgIpc) is 2.56. The molecule has 0 radical (unpaired) electrons. The van der Waals surface area contributed by atoms with Crippen molar-refractivity contribution in [3.8, 4) is 5.75 Å². The molecule has 0 aromatic heterocycles. The molecule has 5 heteroatoms. The van der Waals surface area contributed by atoms with Crippen LogP contribution in [0.2, 0.25) is 0 Å². The Morgan fingerprint density at radius 3 is 2.23 bits per heavy atom. The lowest BCUT2D eigenvalue weighted by Gasteiger charge is -2.06. The standard InChI is InChI=1S/C17H14O5/c1-2-21-16(19)13-4-3-5-14(10-13)17(20)22-15-8-6-12(11-18)7-9-15/h3-11H,2H2,1H3. The number of aldehydes is 1. The predicted molar refractivity (Wildman–Crippen MR) is 79.2 cm³/mol. The molecule has 0 heterocycles. The second kappa shape index (κ2) is 7.17. The second-order valence-corrected chi connectivity index (χ2v) is 4.38.